The quantitative estimate of drug-likeness (QED) is 0.641. The van der Waals surface area contributed by atoms with Gasteiger partial charge in [0.25, 0.3) is 5.91 Å². The second-order valence-electron chi connectivity index (χ2n) is 4.18. The maximum atomic E-state index is 11.9. The second kappa shape index (κ2) is 6.72. The summed E-state index contributed by atoms with van der Waals surface area (Å²) in [5, 5.41) is 7.76. The number of urea groups is 1. The highest BCUT2D eigenvalue weighted by Crippen LogP contribution is 2.20. The summed E-state index contributed by atoms with van der Waals surface area (Å²) in [6.45, 7) is 0. The minimum atomic E-state index is -0.539. The minimum absolute atomic E-state index is 0.187. The van der Waals surface area contributed by atoms with Crippen LogP contribution in [-0.2, 0) is 0 Å². The molecule has 114 valence electrons. The highest BCUT2D eigenvalue weighted by molar-refractivity contribution is 6.29. The molecular formula is C13H13ClN6O2. The maximum absolute atomic E-state index is 11.9. The van der Waals surface area contributed by atoms with Crippen molar-refractivity contribution in [1.29, 1.82) is 0 Å². The first-order valence-electron chi connectivity index (χ1n) is 6.16. The summed E-state index contributed by atoms with van der Waals surface area (Å²) in [7, 11) is 1.49. The number of nitrogens with two attached hydrogens (primary N) is 1. The van der Waals surface area contributed by atoms with Crippen molar-refractivity contribution < 1.29 is 9.59 Å². The molecule has 5 N–H and O–H groups in total. The Kier molecular flexibility index (Phi) is 4.74. The number of carbonyl (C=O) groups excluding carboxylic acids is 2. The van der Waals surface area contributed by atoms with Crippen molar-refractivity contribution in [3.63, 3.8) is 0 Å². The number of hydrogen-bond donors (Lipinski definition) is 4. The molecule has 0 atom stereocenters. The van der Waals surface area contributed by atoms with Gasteiger partial charge in [-0.05, 0) is 12.1 Å². The highest BCUT2D eigenvalue weighted by Gasteiger charge is 2.09. The van der Waals surface area contributed by atoms with Gasteiger partial charge < -0.3 is 21.7 Å². The largest absolute Gasteiger partial charge is 0.396 e. The van der Waals surface area contributed by atoms with Gasteiger partial charge in [0.2, 0.25) is 0 Å². The van der Waals surface area contributed by atoms with E-state index in [2.05, 4.69) is 25.9 Å². The molecule has 0 aliphatic rings. The Morgan fingerprint density at radius 1 is 1.23 bits per heavy atom. The van der Waals surface area contributed by atoms with Gasteiger partial charge in [0, 0.05) is 25.0 Å². The lowest BCUT2D eigenvalue weighted by atomic mass is 10.3. The average Bonchev–Trinajstić information content (AvgIpc) is 2.50. The van der Waals surface area contributed by atoms with Crippen molar-refractivity contribution in [3.05, 3.63) is 41.4 Å². The zero-order valence-corrected chi connectivity index (χ0v) is 12.3. The number of hydrogen-bond acceptors (Lipinski definition) is 5. The molecule has 8 nitrogen and oxygen atoms in total. The Hall–Kier alpha value is -2.87. The predicted octanol–water partition coefficient (Wildman–Crippen LogP) is 1.72. The monoisotopic (exact) mass is 320 g/mol. The van der Waals surface area contributed by atoms with Crippen LogP contribution >= 0.6 is 11.6 Å². The van der Waals surface area contributed by atoms with E-state index in [1.54, 1.807) is 6.07 Å². The van der Waals surface area contributed by atoms with E-state index in [-0.39, 0.29) is 22.4 Å². The van der Waals surface area contributed by atoms with E-state index in [9.17, 15) is 9.59 Å². The van der Waals surface area contributed by atoms with E-state index in [1.165, 1.54) is 31.6 Å². The summed E-state index contributed by atoms with van der Waals surface area (Å²) in [4.78, 5) is 31.1. The number of nitrogens with one attached hydrogen (secondary N) is 3. The van der Waals surface area contributed by atoms with Crippen LogP contribution in [0.3, 0.4) is 0 Å². The zero-order valence-electron chi connectivity index (χ0n) is 11.6. The van der Waals surface area contributed by atoms with E-state index in [0.717, 1.165) is 0 Å². The molecule has 0 aliphatic heterocycles. The fraction of sp³-hybridized carbons (Fsp3) is 0.0769. The van der Waals surface area contributed by atoms with Gasteiger partial charge in [-0.1, -0.05) is 11.6 Å². The molecule has 0 saturated heterocycles. The van der Waals surface area contributed by atoms with Gasteiger partial charge in [0.15, 0.2) is 0 Å². The van der Waals surface area contributed by atoms with Gasteiger partial charge in [-0.15, -0.1) is 0 Å². The third kappa shape index (κ3) is 3.83. The molecule has 0 saturated carbocycles. The number of aromatic nitrogens is 2. The number of pyridine rings is 2. The summed E-state index contributed by atoms with van der Waals surface area (Å²) in [5.41, 5.74) is 6.89. The topological polar surface area (TPSA) is 122 Å². The summed E-state index contributed by atoms with van der Waals surface area (Å²) >= 11 is 5.74. The molecule has 0 unspecified atom stereocenters. The van der Waals surface area contributed by atoms with E-state index in [1.807, 2.05) is 0 Å². The smallest absolute Gasteiger partial charge is 0.323 e. The van der Waals surface area contributed by atoms with Gasteiger partial charge in [0.1, 0.15) is 10.8 Å². The lowest BCUT2D eigenvalue weighted by Gasteiger charge is -2.10. The molecule has 0 spiro atoms. The molecule has 2 heterocycles. The van der Waals surface area contributed by atoms with E-state index < -0.39 is 6.03 Å². The number of halogens is 1. The second-order valence-corrected chi connectivity index (χ2v) is 4.57. The normalized spacial score (nSPS) is 9.91. The van der Waals surface area contributed by atoms with Crippen molar-refractivity contribution in [2.24, 2.45) is 0 Å². The lowest BCUT2D eigenvalue weighted by molar-refractivity contribution is 0.0958. The third-order valence-corrected chi connectivity index (χ3v) is 2.83. The molecule has 2 rings (SSSR count). The highest BCUT2D eigenvalue weighted by atomic mass is 35.5. The van der Waals surface area contributed by atoms with E-state index in [0.29, 0.717) is 11.4 Å². The standard InChI is InChI=1S/C13H13ClN6O2/c1-16-12(21)10-4-7(2-3-17-10)19-13(22)20-9-5-11(14)18-6-8(9)15/h2-6H,15H2,1H3,(H,16,21)(H2,17,18,19,20,22). The Balaban J connectivity index is 2.09. The Bertz CT molecular complexity index is 721. The van der Waals surface area contributed by atoms with Crippen LogP contribution in [0.5, 0.6) is 0 Å². The first-order valence-corrected chi connectivity index (χ1v) is 6.54. The van der Waals surface area contributed by atoms with Crippen molar-refractivity contribution in [1.82, 2.24) is 15.3 Å². The Morgan fingerprint density at radius 3 is 2.73 bits per heavy atom. The zero-order chi connectivity index (χ0) is 16.1. The van der Waals surface area contributed by atoms with Crippen molar-refractivity contribution in [2.45, 2.75) is 0 Å². The SMILES string of the molecule is CNC(=O)c1cc(NC(=O)Nc2cc(Cl)ncc2N)ccn1. The fourth-order valence-electron chi connectivity index (χ4n) is 1.59. The molecule has 0 bridgehead atoms. The molecule has 9 heteroatoms. The lowest BCUT2D eigenvalue weighted by Crippen LogP contribution is -2.22. The van der Waals surface area contributed by atoms with Crippen LogP contribution in [0.2, 0.25) is 5.15 Å². The molecule has 2 aromatic rings. The van der Waals surface area contributed by atoms with Crippen LogP contribution in [0.15, 0.2) is 30.6 Å². The summed E-state index contributed by atoms with van der Waals surface area (Å²) in [6.07, 6.45) is 2.76. The van der Waals surface area contributed by atoms with Gasteiger partial charge in [-0.25, -0.2) is 9.78 Å². The number of anilines is 3. The van der Waals surface area contributed by atoms with Crippen LogP contribution in [0.25, 0.3) is 0 Å². The first kappa shape index (κ1) is 15.5. The Morgan fingerprint density at radius 2 is 2.00 bits per heavy atom. The summed E-state index contributed by atoms with van der Waals surface area (Å²) in [6, 6.07) is 3.89. The van der Waals surface area contributed by atoms with Crippen LogP contribution in [0.4, 0.5) is 21.9 Å². The average molecular weight is 321 g/mol. The fourth-order valence-corrected chi connectivity index (χ4v) is 1.75. The van der Waals surface area contributed by atoms with E-state index >= 15 is 0 Å². The predicted molar refractivity (Wildman–Crippen MR) is 83.9 cm³/mol. The molecule has 2 aromatic heterocycles. The molecule has 22 heavy (non-hydrogen) atoms. The maximum Gasteiger partial charge on any atom is 0.323 e. The van der Waals surface area contributed by atoms with Gasteiger partial charge >= 0.3 is 6.03 Å². The van der Waals surface area contributed by atoms with E-state index in [4.69, 9.17) is 17.3 Å². The van der Waals surface area contributed by atoms with Crippen LogP contribution in [-0.4, -0.2) is 29.0 Å². The molecule has 0 fully saturated rings. The molecular weight excluding hydrogens is 308 g/mol. The Labute approximate surface area is 131 Å². The number of nitrogens with zero attached hydrogens (tertiary/aromatic N) is 2. The molecule has 3 amide bonds. The van der Waals surface area contributed by atoms with Gasteiger partial charge in [0.05, 0.1) is 17.6 Å². The molecule has 0 radical (unpaired) electrons. The molecule has 0 aromatic carbocycles. The molecule has 0 aliphatic carbocycles. The number of carbonyl (C=O) groups is 2. The summed E-state index contributed by atoms with van der Waals surface area (Å²) in [5.74, 6) is -0.353. The first-order chi connectivity index (χ1) is 10.5. The van der Waals surface area contributed by atoms with Crippen molar-refractivity contribution in [2.75, 3.05) is 23.4 Å². The number of amides is 3. The van der Waals surface area contributed by atoms with Crippen LogP contribution in [0.1, 0.15) is 10.5 Å². The van der Waals surface area contributed by atoms with Crippen molar-refractivity contribution >= 4 is 40.6 Å². The van der Waals surface area contributed by atoms with Crippen molar-refractivity contribution in [3.8, 4) is 0 Å². The van der Waals surface area contributed by atoms with Crippen LogP contribution in [0, 0.1) is 0 Å². The van der Waals surface area contributed by atoms with Crippen LogP contribution < -0.4 is 21.7 Å². The third-order valence-electron chi connectivity index (χ3n) is 2.63. The van der Waals surface area contributed by atoms with Gasteiger partial charge in [-0.2, -0.15) is 0 Å². The van der Waals surface area contributed by atoms with Gasteiger partial charge in [-0.3, -0.25) is 9.78 Å². The number of rotatable bonds is 3. The minimum Gasteiger partial charge on any atom is -0.396 e. The number of nitrogen functional groups attached to an aromatic ring is 1. The summed E-state index contributed by atoms with van der Waals surface area (Å²) < 4.78 is 0.